The Morgan fingerprint density at radius 3 is 2.38 bits per heavy atom. The summed E-state index contributed by atoms with van der Waals surface area (Å²) < 4.78 is 5.17. The van der Waals surface area contributed by atoms with E-state index in [1.54, 1.807) is 18.9 Å². The molecule has 1 atom stereocenters. The maximum absolute atomic E-state index is 12.1. The fourth-order valence-corrected chi connectivity index (χ4v) is 3.72. The highest BCUT2D eigenvalue weighted by Crippen LogP contribution is 2.29. The van der Waals surface area contributed by atoms with Crippen LogP contribution in [0, 0.1) is 5.92 Å². The van der Waals surface area contributed by atoms with Crippen molar-refractivity contribution in [3.05, 3.63) is 48.5 Å². The first-order valence-electron chi connectivity index (χ1n) is 8.65. The first kappa shape index (κ1) is 20.6. The zero-order chi connectivity index (χ0) is 17.5. The average molecular weight is 393 g/mol. The van der Waals surface area contributed by atoms with Crippen molar-refractivity contribution in [1.82, 2.24) is 5.32 Å². The number of ether oxygens (including phenoxy) is 1. The molecule has 26 heavy (non-hydrogen) atoms. The van der Waals surface area contributed by atoms with E-state index in [0.717, 1.165) is 40.7 Å². The summed E-state index contributed by atoms with van der Waals surface area (Å²) in [7, 11) is 1.67. The van der Waals surface area contributed by atoms with Crippen molar-refractivity contribution < 1.29 is 9.53 Å². The topological polar surface area (TPSA) is 50.4 Å². The van der Waals surface area contributed by atoms with Crippen LogP contribution < -0.4 is 15.4 Å². The van der Waals surface area contributed by atoms with Crippen molar-refractivity contribution in [1.29, 1.82) is 0 Å². The molecule has 1 heterocycles. The number of nitrogens with one attached hydrogen (secondary N) is 2. The number of benzene rings is 2. The third kappa shape index (κ3) is 6.24. The lowest BCUT2D eigenvalue weighted by atomic mass is 10.0. The minimum atomic E-state index is 0. The van der Waals surface area contributed by atoms with E-state index in [9.17, 15) is 4.79 Å². The number of methoxy groups -OCH3 is 1. The predicted molar refractivity (Wildman–Crippen MR) is 110 cm³/mol. The zero-order valence-corrected chi connectivity index (χ0v) is 16.5. The van der Waals surface area contributed by atoms with Crippen LogP contribution in [0.15, 0.2) is 58.3 Å². The molecule has 6 heteroatoms. The second-order valence-corrected chi connectivity index (χ2v) is 7.39. The number of anilines is 1. The fraction of sp³-hybridized carbons (Fsp3) is 0.350. The Kier molecular flexibility index (Phi) is 8.29. The van der Waals surface area contributed by atoms with Gasteiger partial charge in [-0.2, -0.15) is 0 Å². The Morgan fingerprint density at radius 1 is 1.15 bits per heavy atom. The van der Waals surface area contributed by atoms with Gasteiger partial charge in [0.1, 0.15) is 5.75 Å². The number of hydrogen-bond acceptors (Lipinski definition) is 4. The Morgan fingerprint density at radius 2 is 1.81 bits per heavy atom. The molecule has 0 radical (unpaired) electrons. The van der Waals surface area contributed by atoms with E-state index in [1.807, 2.05) is 48.5 Å². The molecule has 1 aliphatic heterocycles. The van der Waals surface area contributed by atoms with Gasteiger partial charge in [-0.15, -0.1) is 12.4 Å². The summed E-state index contributed by atoms with van der Waals surface area (Å²) in [6.07, 6.45) is 2.74. The molecule has 4 nitrogen and oxygen atoms in total. The molecular weight excluding hydrogens is 368 g/mol. The van der Waals surface area contributed by atoms with E-state index < -0.39 is 0 Å². The third-order valence-corrected chi connectivity index (χ3v) is 5.39. The highest BCUT2D eigenvalue weighted by atomic mass is 35.5. The van der Waals surface area contributed by atoms with Gasteiger partial charge < -0.3 is 15.4 Å². The Hall–Kier alpha value is -1.69. The minimum absolute atomic E-state index is 0. The van der Waals surface area contributed by atoms with Gasteiger partial charge >= 0.3 is 0 Å². The number of carbonyl (C=O) groups excluding carboxylic acids is 1. The van der Waals surface area contributed by atoms with Crippen LogP contribution in [0.25, 0.3) is 0 Å². The summed E-state index contributed by atoms with van der Waals surface area (Å²) in [6.45, 7) is 2.13. The molecule has 2 N–H and O–H groups in total. The Bertz CT molecular complexity index is 686. The Labute approximate surface area is 165 Å². The monoisotopic (exact) mass is 392 g/mol. The van der Waals surface area contributed by atoms with Gasteiger partial charge in [-0.1, -0.05) is 11.8 Å². The van der Waals surface area contributed by atoms with Crippen LogP contribution in [0.4, 0.5) is 5.69 Å². The van der Waals surface area contributed by atoms with Crippen LogP contribution in [0.5, 0.6) is 5.75 Å². The van der Waals surface area contributed by atoms with Crippen molar-refractivity contribution in [2.24, 2.45) is 5.92 Å². The second kappa shape index (κ2) is 10.5. The third-order valence-electron chi connectivity index (χ3n) is 4.38. The van der Waals surface area contributed by atoms with Gasteiger partial charge in [0.15, 0.2) is 0 Å². The summed E-state index contributed by atoms with van der Waals surface area (Å²) in [5.74, 6) is 1.60. The number of carbonyl (C=O) groups is 1. The van der Waals surface area contributed by atoms with E-state index >= 15 is 0 Å². The van der Waals surface area contributed by atoms with Gasteiger partial charge in [0.2, 0.25) is 5.91 Å². The first-order chi connectivity index (χ1) is 12.2. The molecule has 1 aliphatic rings. The summed E-state index contributed by atoms with van der Waals surface area (Å²) in [4.78, 5) is 14.4. The second-order valence-electron chi connectivity index (χ2n) is 6.25. The van der Waals surface area contributed by atoms with Crippen molar-refractivity contribution in [2.45, 2.75) is 29.1 Å². The van der Waals surface area contributed by atoms with Crippen LogP contribution in [0.3, 0.4) is 0 Å². The van der Waals surface area contributed by atoms with Crippen LogP contribution in [-0.2, 0) is 4.79 Å². The van der Waals surface area contributed by atoms with Crippen LogP contribution in [-0.4, -0.2) is 26.1 Å². The van der Waals surface area contributed by atoms with Crippen molar-refractivity contribution in [2.75, 3.05) is 25.5 Å². The van der Waals surface area contributed by atoms with Crippen molar-refractivity contribution in [3.8, 4) is 5.75 Å². The van der Waals surface area contributed by atoms with Crippen molar-refractivity contribution >= 4 is 35.8 Å². The van der Waals surface area contributed by atoms with E-state index in [1.165, 1.54) is 6.42 Å². The van der Waals surface area contributed by atoms with Gasteiger partial charge in [-0.05, 0) is 80.4 Å². The fourth-order valence-electron chi connectivity index (χ4n) is 2.91. The molecule has 2 aromatic carbocycles. The molecule has 0 bridgehead atoms. The molecule has 0 aromatic heterocycles. The first-order valence-corrected chi connectivity index (χ1v) is 9.47. The maximum atomic E-state index is 12.1. The lowest BCUT2D eigenvalue weighted by molar-refractivity contribution is -0.116. The zero-order valence-electron chi connectivity index (χ0n) is 14.9. The SMILES string of the molecule is COc1ccc(Sc2ccc(NC(=O)CCC3CCNC3)cc2)cc1.Cl. The summed E-state index contributed by atoms with van der Waals surface area (Å²) in [5.41, 5.74) is 0.855. The lowest BCUT2D eigenvalue weighted by Gasteiger charge is -2.09. The van der Waals surface area contributed by atoms with Crippen LogP contribution in [0.2, 0.25) is 0 Å². The molecule has 1 fully saturated rings. The quantitative estimate of drug-likeness (QED) is 0.723. The number of rotatable bonds is 7. The predicted octanol–water partition coefficient (Wildman–Crippen LogP) is 4.60. The Balaban J connectivity index is 0.00000243. The van der Waals surface area contributed by atoms with Crippen molar-refractivity contribution in [3.63, 3.8) is 0 Å². The molecule has 0 spiro atoms. The van der Waals surface area contributed by atoms with E-state index in [-0.39, 0.29) is 18.3 Å². The van der Waals surface area contributed by atoms with Gasteiger partial charge in [-0.25, -0.2) is 0 Å². The molecule has 1 amide bonds. The minimum Gasteiger partial charge on any atom is -0.497 e. The summed E-state index contributed by atoms with van der Waals surface area (Å²) in [6, 6.07) is 16.0. The molecular formula is C20H25ClN2O2S. The molecule has 0 aliphatic carbocycles. The molecule has 3 rings (SSSR count). The molecule has 140 valence electrons. The number of hydrogen-bond donors (Lipinski definition) is 2. The smallest absolute Gasteiger partial charge is 0.224 e. The number of amides is 1. The standard InChI is InChI=1S/C20H24N2O2S.ClH/c1-24-17-5-9-19(10-6-17)25-18-7-3-16(4-8-18)22-20(23)11-2-15-12-13-21-14-15;/h3-10,15,21H,2,11-14H2,1H3,(H,22,23);1H. The van der Waals surface area contributed by atoms with Gasteiger partial charge in [0, 0.05) is 21.9 Å². The van der Waals surface area contributed by atoms with Gasteiger partial charge in [-0.3, -0.25) is 4.79 Å². The normalized spacial score (nSPS) is 16.0. The van der Waals surface area contributed by atoms with E-state index in [0.29, 0.717) is 12.3 Å². The highest BCUT2D eigenvalue weighted by Gasteiger charge is 2.15. The summed E-state index contributed by atoms with van der Waals surface area (Å²) in [5, 5.41) is 6.32. The molecule has 1 unspecified atom stereocenters. The number of halogens is 1. The van der Waals surface area contributed by atoms with Gasteiger partial charge in [0.25, 0.3) is 0 Å². The van der Waals surface area contributed by atoms with Gasteiger partial charge in [0.05, 0.1) is 7.11 Å². The summed E-state index contributed by atoms with van der Waals surface area (Å²) >= 11 is 1.69. The maximum Gasteiger partial charge on any atom is 0.224 e. The molecule has 0 saturated carbocycles. The van der Waals surface area contributed by atoms with E-state index in [4.69, 9.17) is 4.74 Å². The van der Waals surface area contributed by atoms with Crippen LogP contribution in [0.1, 0.15) is 19.3 Å². The highest BCUT2D eigenvalue weighted by molar-refractivity contribution is 7.99. The average Bonchev–Trinajstić information content (AvgIpc) is 3.16. The molecule has 1 saturated heterocycles. The lowest BCUT2D eigenvalue weighted by Crippen LogP contribution is -2.14. The van der Waals surface area contributed by atoms with Crippen LogP contribution >= 0.6 is 24.2 Å². The van der Waals surface area contributed by atoms with E-state index in [2.05, 4.69) is 10.6 Å². The molecule has 2 aromatic rings. The largest absolute Gasteiger partial charge is 0.497 e.